The van der Waals surface area contributed by atoms with Crippen molar-refractivity contribution >= 4 is 23.2 Å². The smallest absolute Gasteiger partial charge is 0.251 e. The highest BCUT2D eigenvalue weighted by Gasteiger charge is 2.32. The van der Waals surface area contributed by atoms with Crippen molar-refractivity contribution in [2.24, 2.45) is 5.92 Å². The second-order valence-corrected chi connectivity index (χ2v) is 8.79. The molecule has 1 aliphatic heterocycles. The molecule has 0 aliphatic carbocycles. The number of benzene rings is 1. The summed E-state index contributed by atoms with van der Waals surface area (Å²) in [5, 5.41) is 5.04. The van der Waals surface area contributed by atoms with Gasteiger partial charge in [-0.15, -0.1) is 11.3 Å². The first-order valence-corrected chi connectivity index (χ1v) is 11.0. The lowest BCUT2D eigenvalue weighted by Crippen LogP contribution is -3.13. The van der Waals surface area contributed by atoms with Crippen LogP contribution < -0.4 is 15.0 Å². The summed E-state index contributed by atoms with van der Waals surface area (Å²) in [5.41, 5.74) is 0.523. The summed E-state index contributed by atoms with van der Waals surface area (Å²) >= 11 is 1.78. The molecule has 156 valence electrons. The van der Waals surface area contributed by atoms with Crippen molar-refractivity contribution in [1.82, 2.24) is 10.2 Å². The molecular formula is C22H30N3O3S+. The van der Waals surface area contributed by atoms with Crippen LogP contribution in [0.25, 0.3) is 0 Å². The van der Waals surface area contributed by atoms with E-state index in [1.165, 1.54) is 9.78 Å². The van der Waals surface area contributed by atoms with Crippen molar-refractivity contribution in [3.05, 3.63) is 52.2 Å². The number of thiophene rings is 1. The number of rotatable bonds is 7. The maximum Gasteiger partial charge on any atom is 0.251 e. The Balaban J connectivity index is 1.57. The van der Waals surface area contributed by atoms with Crippen molar-refractivity contribution in [2.75, 3.05) is 33.3 Å². The first kappa shape index (κ1) is 21.3. The van der Waals surface area contributed by atoms with Gasteiger partial charge in [-0.1, -0.05) is 19.9 Å². The lowest BCUT2D eigenvalue weighted by atomic mass is 10.0. The van der Waals surface area contributed by atoms with E-state index in [0.29, 0.717) is 11.3 Å². The predicted molar refractivity (Wildman–Crippen MR) is 114 cm³/mol. The summed E-state index contributed by atoms with van der Waals surface area (Å²) in [5.74, 6) is 0.487. The summed E-state index contributed by atoms with van der Waals surface area (Å²) in [4.78, 5) is 30.5. The topological polar surface area (TPSA) is 63.1 Å². The fraction of sp³-hybridized carbons (Fsp3) is 0.455. The van der Waals surface area contributed by atoms with Crippen LogP contribution in [0.15, 0.2) is 41.8 Å². The number of quaternary nitrogens is 1. The first-order chi connectivity index (χ1) is 14.0. The van der Waals surface area contributed by atoms with Crippen LogP contribution in [0.5, 0.6) is 5.75 Å². The highest BCUT2D eigenvalue weighted by atomic mass is 32.1. The van der Waals surface area contributed by atoms with Gasteiger partial charge in [0.2, 0.25) is 5.91 Å². The molecule has 2 amide bonds. The predicted octanol–water partition coefficient (Wildman–Crippen LogP) is 1.44. The first-order valence-electron chi connectivity index (χ1n) is 10.1. The van der Waals surface area contributed by atoms with E-state index in [4.69, 9.17) is 4.74 Å². The maximum absolute atomic E-state index is 13.1. The largest absolute Gasteiger partial charge is 0.497 e. The molecule has 0 spiro atoms. The van der Waals surface area contributed by atoms with Crippen molar-refractivity contribution < 1.29 is 19.2 Å². The zero-order valence-corrected chi connectivity index (χ0v) is 18.1. The number of ether oxygens (including phenoxy) is 1. The highest BCUT2D eigenvalue weighted by Crippen LogP contribution is 2.13. The van der Waals surface area contributed by atoms with E-state index in [0.717, 1.165) is 32.7 Å². The van der Waals surface area contributed by atoms with Crippen molar-refractivity contribution in [1.29, 1.82) is 0 Å². The Bertz CT molecular complexity index is 797. The van der Waals surface area contributed by atoms with E-state index in [9.17, 15) is 9.59 Å². The van der Waals surface area contributed by atoms with Gasteiger partial charge >= 0.3 is 0 Å². The van der Waals surface area contributed by atoms with Crippen LogP contribution >= 0.6 is 11.3 Å². The Labute approximate surface area is 176 Å². The van der Waals surface area contributed by atoms with Crippen LogP contribution in [0.3, 0.4) is 0 Å². The van der Waals surface area contributed by atoms with Crippen LogP contribution in [0.4, 0.5) is 0 Å². The molecule has 2 N–H and O–H groups in total. The number of carbonyl (C=O) groups excluding carboxylic acids is 2. The Kier molecular flexibility index (Phi) is 7.28. The molecule has 0 saturated carbocycles. The zero-order valence-electron chi connectivity index (χ0n) is 17.3. The third-order valence-electron chi connectivity index (χ3n) is 5.36. The highest BCUT2D eigenvalue weighted by molar-refractivity contribution is 7.09. The molecule has 6 nitrogen and oxygen atoms in total. The monoisotopic (exact) mass is 416 g/mol. The quantitative estimate of drug-likeness (QED) is 0.718. The number of amides is 2. The normalized spacial score (nSPS) is 15.9. The van der Waals surface area contributed by atoms with Gasteiger partial charge in [0.1, 0.15) is 18.3 Å². The van der Waals surface area contributed by atoms with Crippen molar-refractivity contribution in [2.45, 2.75) is 26.4 Å². The molecule has 29 heavy (non-hydrogen) atoms. The third kappa shape index (κ3) is 5.58. The molecule has 1 atom stereocenters. The maximum atomic E-state index is 13.1. The Morgan fingerprint density at radius 1 is 1.17 bits per heavy atom. The van der Waals surface area contributed by atoms with E-state index in [-0.39, 0.29) is 17.7 Å². The third-order valence-corrected chi connectivity index (χ3v) is 6.23. The van der Waals surface area contributed by atoms with Gasteiger partial charge in [-0.3, -0.25) is 9.59 Å². The molecule has 1 saturated heterocycles. The average molecular weight is 417 g/mol. The second kappa shape index (κ2) is 9.89. The van der Waals surface area contributed by atoms with Crippen LogP contribution in [0, 0.1) is 5.92 Å². The minimum atomic E-state index is -0.525. The summed E-state index contributed by atoms with van der Waals surface area (Å²) in [6.45, 7) is 8.26. The van der Waals surface area contributed by atoms with E-state index in [2.05, 4.69) is 22.8 Å². The minimum Gasteiger partial charge on any atom is -0.497 e. The Hall–Kier alpha value is -2.38. The molecular weight excluding hydrogens is 386 g/mol. The molecule has 3 rings (SSSR count). The standard InChI is InChI=1S/C22H29N3O3S/c1-16(2)20(23-21(26)17-6-8-18(28-3)9-7-17)22(27)25-12-10-24(11-13-25)15-19-5-4-14-29-19/h4-9,14,16,20H,10-13,15H2,1-3H3,(H,23,26)/p+1/t20-/m0/s1. The molecule has 1 aromatic carbocycles. The number of nitrogens with one attached hydrogen (secondary N) is 2. The van der Waals surface area contributed by atoms with Crippen LogP contribution in [-0.2, 0) is 11.3 Å². The SMILES string of the molecule is COc1ccc(C(=O)N[C@H](C(=O)N2CC[NH+](Cc3cccs3)CC2)C(C)C)cc1. The average Bonchev–Trinajstić information content (AvgIpc) is 3.25. The number of carbonyl (C=O) groups is 2. The van der Waals surface area contributed by atoms with E-state index < -0.39 is 6.04 Å². The van der Waals surface area contributed by atoms with Gasteiger partial charge in [-0.05, 0) is 41.6 Å². The zero-order chi connectivity index (χ0) is 20.8. The van der Waals surface area contributed by atoms with E-state index >= 15 is 0 Å². The minimum absolute atomic E-state index is 0.0111. The molecule has 1 fully saturated rings. The molecule has 0 unspecified atom stereocenters. The number of hydrogen-bond donors (Lipinski definition) is 2. The molecule has 1 aliphatic rings. The van der Waals surface area contributed by atoms with Gasteiger partial charge < -0.3 is 19.9 Å². The van der Waals surface area contributed by atoms with Crippen molar-refractivity contribution in [3.8, 4) is 5.75 Å². The number of nitrogens with zero attached hydrogens (tertiary/aromatic N) is 1. The lowest BCUT2D eigenvalue weighted by Gasteiger charge is -2.35. The fourth-order valence-electron chi connectivity index (χ4n) is 3.56. The van der Waals surface area contributed by atoms with Crippen LogP contribution in [0.1, 0.15) is 29.1 Å². The second-order valence-electron chi connectivity index (χ2n) is 7.76. The summed E-state index contributed by atoms with van der Waals surface area (Å²) in [6.07, 6.45) is 0. The van der Waals surface area contributed by atoms with Gasteiger partial charge in [-0.25, -0.2) is 0 Å². The Morgan fingerprint density at radius 3 is 2.41 bits per heavy atom. The molecule has 7 heteroatoms. The summed E-state index contributed by atoms with van der Waals surface area (Å²) < 4.78 is 5.13. The number of methoxy groups -OCH3 is 1. The van der Waals surface area contributed by atoms with Crippen molar-refractivity contribution in [3.63, 3.8) is 0 Å². The van der Waals surface area contributed by atoms with E-state index in [1.54, 1.807) is 42.7 Å². The van der Waals surface area contributed by atoms with Gasteiger partial charge in [-0.2, -0.15) is 0 Å². The molecule has 1 aromatic heterocycles. The molecule has 2 heterocycles. The van der Waals surface area contributed by atoms with Gasteiger partial charge in [0, 0.05) is 5.56 Å². The lowest BCUT2D eigenvalue weighted by molar-refractivity contribution is -0.917. The molecule has 2 aromatic rings. The molecule has 0 radical (unpaired) electrons. The fourth-order valence-corrected chi connectivity index (χ4v) is 4.33. The van der Waals surface area contributed by atoms with Crippen LogP contribution in [-0.4, -0.2) is 56.0 Å². The summed E-state index contributed by atoms with van der Waals surface area (Å²) in [6, 6.07) is 10.6. The number of hydrogen-bond acceptors (Lipinski definition) is 4. The summed E-state index contributed by atoms with van der Waals surface area (Å²) in [7, 11) is 1.59. The Morgan fingerprint density at radius 2 is 1.86 bits per heavy atom. The van der Waals surface area contributed by atoms with Gasteiger partial charge in [0.25, 0.3) is 5.91 Å². The van der Waals surface area contributed by atoms with Gasteiger partial charge in [0.05, 0.1) is 38.2 Å². The van der Waals surface area contributed by atoms with E-state index in [1.807, 2.05) is 18.7 Å². The van der Waals surface area contributed by atoms with Crippen LogP contribution in [0.2, 0.25) is 0 Å². The van der Waals surface area contributed by atoms with Gasteiger partial charge in [0.15, 0.2) is 0 Å². The number of piperazine rings is 1. The molecule has 0 bridgehead atoms.